The van der Waals surface area contributed by atoms with Gasteiger partial charge in [-0.3, -0.25) is 4.79 Å². The molecule has 0 aromatic heterocycles. The van der Waals surface area contributed by atoms with E-state index < -0.39 is 0 Å². The van der Waals surface area contributed by atoms with Crippen molar-refractivity contribution in [2.75, 3.05) is 26.2 Å². The van der Waals surface area contributed by atoms with E-state index in [1.807, 2.05) is 0 Å². The molecule has 1 unspecified atom stereocenters. The molecule has 5 rings (SSSR count). The quantitative estimate of drug-likeness (QED) is 0.733. The molecule has 4 aliphatic heterocycles. The van der Waals surface area contributed by atoms with Crippen molar-refractivity contribution in [3.8, 4) is 0 Å². The van der Waals surface area contributed by atoms with Crippen molar-refractivity contribution in [3.05, 3.63) is 35.9 Å². The summed E-state index contributed by atoms with van der Waals surface area (Å²) in [5.74, 6) is 0.894. The molecule has 4 aliphatic rings. The summed E-state index contributed by atoms with van der Waals surface area (Å²) in [6.45, 7) is 5.58. The average molecular weight is 342 g/mol. The molecular weight excluding hydrogens is 312 g/mol. The maximum atomic E-state index is 12.5. The van der Waals surface area contributed by atoms with Crippen molar-refractivity contribution in [1.29, 1.82) is 0 Å². The van der Waals surface area contributed by atoms with E-state index in [0.29, 0.717) is 24.1 Å². The molecular formula is C21H30N2O2+2. The second-order valence-electron chi connectivity index (χ2n) is 8.68. The monoisotopic (exact) mass is 342 g/mol. The number of piperidine rings is 1. The maximum absolute atomic E-state index is 12.5. The van der Waals surface area contributed by atoms with Crippen molar-refractivity contribution in [3.63, 3.8) is 0 Å². The highest BCUT2D eigenvalue weighted by atomic mass is 16.5. The molecule has 0 saturated carbocycles. The Bertz CT molecular complexity index is 639. The van der Waals surface area contributed by atoms with E-state index in [2.05, 4.69) is 30.3 Å². The minimum Gasteiger partial charge on any atom is -0.465 e. The molecule has 1 aromatic rings. The van der Waals surface area contributed by atoms with Gasteiger partial charge >= 0.3 is 5.97 Å². The normalized spacial score (nSPS) is 42.9. The first-order valence-electron chi connectivity index (χ1n) is 10.2. The zero-order chi connectivity index (χ0) is 16.9. The van der Waals surface area contributed by atoms with E-state index >= 15 is 0 Å². The molecule has 4 nitrogen and oxygen atoms in total. The van der Waals surface area contributed by atoms with Crippen LogP contribution in [0.2, 0.25) is 0 Å². The number of rotatable bonds is 2. The lowest BCUT2D eigenvalue weighted by molar-refractivity contribution is -0.983. The van der Waals surface area contributed by atoms with Crippen LogP contribution in [-0.2, 0) is 16.1 Å². The smallest absolute Gasteiger partial charge is 0.315 e. The molecule has 4 heterocycles. The Morgan fingerprint density at radius 1 is 1.08 bits per heavy atom. The Hall–Kier alpha value is -1.39. The molecule has 0 bridgehead atoms. The van der Waals surface area contributed by atoms with Gasteiger partial charge in [0, 0.05) is 24.3 Å². The van der Waals surface area contributed by atoms with Crippen LogP contribution in [0.25, 0.3) is 0 Å². The van der Waals surface area contributed by atoms with E-state index in [1.165, 1.54) is 50.9 Å². The number of carbonyl (C=O) groups is 1. The van der Waals surface area contributed by atoms with Crippen LogP contribution in [0.5, 0.6) is 0 Å². The Kier molecular flexibility index (Phi) is 3.86. The van der Waals surface area contributed by atoms with Gasteiger partial charge in [-0.1, -0.05) is 30.3 Å². The average Bonchev–Trinajstić information content (AvgIpc) is 3.21. The van der Waals surface area contributed by atoms with Crippen molar-refractivity contribution in [2.24, 2.45) is 11.8 Å². The number of benzene rings is 1. The highest BCUT2D eigenvalue weighted by Gasteiger charge is 2.67. The third kappa shape index (κ3) is 2.45. The summed E-state index contributed by atoms with van der Waals surface area (Å²) in [5.41, 5.74) is 1.82. The van der Waals surface area contributed by atoms with Gasteiger partial charge in [0.2, 0.25) is 0 Å². The van der Waals surface area contributed by atoms with E-state index in [1.54, 1.807) is 9.80 Å². The zero-order valence-electron chi connectivity index (χ0n) is 15.0. The third-order valence-corrected chi connectivity index (χ3v) is 7.72. The lowest BCUT2D eigenvalue weighted by atomic mass is 9.70. The van der Waals surface area contributed by atoms with Gasteiger partial charge in [-0.25, -0.2) is 0 Å². The molecule has 4 heteroatoms. The SMILES string of the molecule is O=C1OCC[C@@H]2[C@@H]1[C@H]1CCC[NH+]1C21CC[NH+](Cc2ccccc2)CC1. The van der Waals surface area contributed by atoms with Crippen molar-refractivity contribution < 1.29 is 19.3 Å². The summed E-state index contributed by atoms with van der Waals surface area (Å²) in [5, 5.41) is 0. The van der Waals surface area contributed by atoms with Crippen LogP contribution in [0.3, 0.4) is 0 Å². The topological polar surface area (TPSA) is 35.2 Å². The van der Waals surface area contributed by atoms with Crippen LogP contribution in [0, 0.1) is 11.8 Å². The molecule has 1 spiro atoms. The van der Waals surface area contributed by atoms with Gasteiger partial charge in [-0.15, -0.1) is 0 Å². The van der Waals surface area contributed by atoms with Crippen LogP contribution in [0.4, 0.5) is 0 Å². The van der Waals surface area contributed by atoms with Crippen LogP contribution in [-0.4, -0.2) is 43.8 Å². The number of esters is 1. The first kappa shape index (κ1) is 15.8. The molecule has 4 atom stereocenters. The zero-order valence-corrected chi connectivity index (χ0v) is 15.0. The van der Waals surface area contributed by atoms with Crippen molar-refractivity contribution in [1.82, 2.24) is 0 Å². The molecule has 4 saturated heterocycles. The number of carbonyl (C=O) groups excluding carboxylic acids is 1. The lowest BCUT2D eigenvalue weighted by Crippen LogP contribution is -3.23. The van der Waals surface area contributed by atoms with Crippen LogP contribution < -0.4 is 9.80 Å². The number of ether oxygens (including phenoxy) is 1. The predicted molar refractivity (Wildman–Crippen MR) is 94.2 cm³/mol. The molecule has 0 amide bonds. The fraction of sp³-hybridized carbons (Fsp3) is 0.667. The molecule has 0 radical (unpaired) electrons. The van der Waals surface area contributed by atoms with Crippen molar-refractivity contribution in [2.45, 2.75) is 50.2 Å². The summed E-state index contributed by atoms with van der Waals surface area (Å²) in [4.78, 5) is 16.0. The van der Waals surface area contributed by atoms with Crippen molar-refractivity contribution >= 4 is 5.97 Å². The van der Waals surface area contributed by atoms with E-state index in [9.17, 15) is 4.79 Å². The standard InChI is InChI=1S/C21H28N2O2/c24-20-19-17(8-14-25-20)21(23-11-4-7-18(19)23)9-12-22(13-10-21)15-16-5-2-1-3-6-16/h1-3,5-6,17-19H,4,7-15H2/p+2/t17-,18-,19-/m1/s1. The minimum absolute atomic E-state index is 0.122. The first-order valence-corrected chi connectivity index (χ1v) is 10.2. The van der Waals surface area contributed by atoms with Gasteiger partial charge in [0.25, 0.3) is 0 Å². The maximum Gasteiger partial charge on any atom is 0.315 e. The van der Waals surface area contributed by atoms with Gasteiger partial charge in [-0.05, 0) is 6.42 Å². The number of hydrogen-bond acceptors (Lipinski definition) is 2. The second kappa shape index (κ2) is 6.10. The Labute approximate surface area is 150 Å². The molecule has 4 fully saturated rings. The van der Waals surface area contributed by atoms with E-state index in [0.717, 1.165) is 13.0 Å². The first-order chi connectivity index (χ1) is 12.3. The Balaban J connectivity index is 1.34. The summed E-state index contributed by atoms with van der Waals surface area (Å²) in [6.07, 6.45) is 6.20. The van der Waals surface area contributed by atoms with Crippen LogP contribution in [0.1, 0.15) is 37.7 Å². The van der Waals surface area contributed by atoms with E-state index in [-0.39, 0.29) is 11.9 Å². The molecule has 134 valence electrons. The highest BCUT2D eigenvalue weighted by molar-refractivity contribution is 5.75. The summed E-state index contributed by atoms with van der Waals surface area (Å²) in [7, 11) is 0. The lowest BCUT2D eigenvalue weighted by Gasteiger charge is -2.44. The van der Waals surface area contributed by atoms with Gasteiger partial charge in [0.1, 0.15) is 24.0 Å². The van der Waals surface area contributed by atoms with Gasteiger partial charge in [-0.2, -0.15) is 0 Å². The molecule has 0 aliphatic carbocycles. The Morgan fingerprint density at radius 3 is 2.68 bits per heavy atom. The van der Waals surface area contributed by atoms with E-state index in [4.69, 9.17) is 4.74 Å². The number of fused-ring (bicyclic) bond motifs is 5. The Morgan fingerprint density at radius 2 is 1.88 bits per heavy atom. The number of quaternary nitrogens is 2. The summed E-state index contributed by atoms with van der Waals surface area (Å²) >= 11 is 0. The summed E-state index contributed by atoms with van der Waals surface area (Å²) < 4.78 is 5.48. The van der Waals surface area contributed by atoms with Gasteiger partial charge in [0.05, 0.1) is 39.1 Å². The predicted octanol–water partition coefficient (Wildman–Crippen LogP) is -0.156. The molecule has 1 aromatic carbocycles. The van der Waals surface area contributed by atoms with Crippen LogP contribution >= 0.6 is 0 Å². The highest BCUT2D eigenvalue weighted by Crippen LogP contribution is 2.44. The molecule has 25 heavy (non-hydrogen) atoms. The third-order valence-electron chi connectivity index (χ3n) is 7.72. The summed E-state index contributed by atoms with van der Waals surface area (Å²) in [6, 6.07) is 11.4. The number of cyclic esters (lactones) is 1. The fourth-order valence-electron chi connectivity index (χ4n) is 6.72. The number of likely N-dealkylation sites (tertiary alicyclic amines) is 1. The minimum atomic E-state index is 0.122. The van der Waals surface area contributed by atoms with Crippen LogP contribution in [0.15, 0.2) is 30.3 Å². The second-order valence-corrected chi connectivity index (χ2v) is 8.68. The van der Waals surface area contributed by atoms with Gasteiger partial charge in [0.15, 0.2) is 0 Å². The fourth-order valence-corrected chi connectivity index (χ4v) is 6.72. The number of hydrogen-bond donors (Lipinski definition) is 2. The largest absolute Gasteiger partial charge is 0.465 e. The van der Waals surface area contributed by atoms with Gasteiger partial charge < -0.3 is 14.5 Å². The molecule has 2 N–H and O–H groups in total. The number of nitrogens with one attached hydrogen (secondary N) is 2.